The lowest BCUT2D eigenvalue weighted by atomic mass is 10.1. The number of amides is 1. The van der Waals surface area contributed by atoms with Crippen molar-refractivity contribution in [3.05, 3.63) is 17.8 Å². The van der Waals surface area contributed by atoms with Crippen molar-refractivity contribution in [2.45, 2.75) is 20.3 Å². The summed E-state index contributed by atoms with van der Waals surface area (Å²) < 4.78 is 0. The number of nitriles is 1. The molecule has 0 saturated carbocycles. The fraction of sp³-hybridized carbons (Fsp3) is 0.462. The van der Waals surface area contributed by atoms with Crippen LogP contribution in [0.3, 0.4) is 0 Å². The van der Waals surface area contributed by atoms with Gasteiger partial charge < -0.3 is 16.4 Å². The maximum Gasteiger partial charge on any atom is 0.252 e. The monoisotopic (exact) mass is 261 g/mol. The standard InChI is InChI=1S/C13H19N5O/c1-9(2)8-18(5-3-4-14)13-11(12(16)19)6-10(15)7-17-13/h6-7,9H,3,5,8,15H2,1-2H3,(H2,16,19). The van der Waals surface area contributed by atoms with Crippen LogP contribution in [0.1, 0.15) is 30.6 Å². The number of pyridine rings is 1. The van der Waals surface area contributed by atoms with Crippen LogP contribution in [0.15, 0.2) is 12.3 Å². The van der Waals surface area contributed by atoms with Crippen LogP contribution >= 0.6 is 0 Å². The summed E-state index contributed by atoms with van der Waals surface area (Å²) in [6.07, 6.45) is 1.85. The van der Waals surface area contributed by atoms with E-state index < -0.39 is 5.91 Å². The summed E-state index contributed by atoms with van der Waals surface area (Å²) in [6, 6.07) is 3.61. The highest BCUT2D eigenvalue weighted by Gasteiger charge is 2.17. The second-order valence-corrected chi connectivity index (χ2v) is 4.75. The van der Waals surface area contributed by atoms with Gasteiger partial charge in [-0.25, -0.2) is 4.98 Å². The molecule has 0 aliphatic heterocycles. The number of nitrogens with two attached hydrogens (primary N) is 2. The molecule has 6 nitrogen and oxygen atoms in total. The lowest BCUT2D eigenvalue weighted by Gasteiger charge is -2.26. The molecule has 0 bridgehead atoms. The van der Waals surface area contributed by atoms with Gasteiger partial charge in [-0.15, -0.1) is 0 Å². The van der Waals surface area contributed by atoms with E-state index in [1.165, 1.54) is 12.3 Å². The topological polar surface area (TPSA) is 109 Å². The van der Waals surface area contributed by atoms with Crippen molar-refractivity contribution >= 4 is 17.4 Å². The molecule has 0 atom stereocenters. The van der Waals surface area contributed by atoms with Gasteiger partial charge in [0.25, 0.3) is 5.91 Å². The van der Waals surface area contributed by atoms with Crippen LogP contribution in [-0.2, 0) is 0 Å². The van der Waals surface area contributed by atoms with E-state index >= 15 is 0 Å². The van der Waals surface area contributed by atoms with E-state index in [0.29, 0.717) is 42.5 Å². The van der Waals surface area contributed by atoms with E-state index in [2.05, 4.69) is 24.9 Å². The summed E-state index contributed by atoms with van der Waals surface area (Å²) in [6.45, 7) is 5.31. The first-order valence-corrected chi connectivity index (χ1v) is 6.13. The average molecular weight is 261 g/mol. The van der Waals surface area contributed by atoms with Gasteiger partial charge in [0.15, 0.2) is 0 Å². The minimum Gasteiger partial charge on any atom is -0.397 e. The Morgan fingerprint density at radius 1 is 1.58 bits per heavy atom. The van der Waals surface area contributed by atoms with Crippen LogP contribution in [0.25, 0.3) is 0 Å². The van der Waals surface area contributed by atoms with Crippen molar-refractivity contribution in [2.24, 2.45) is 11.7 Å². The van der Waals surface area contributed by atoms with Gasteiger partial charge in [0.05, 0.1) is 29.9 Å². The SMILES string of the molecule is CC(C)CN(CCC#N)c1ncc(N)cc1C(N)=O. The first kappa shape index (κ1) is 14.8. The fourth-order valence-electron chi connectivity index (χ4n) is 1.82. The Morgan fingerprint density at radius 2 is 2.26 bits per heavy atom. The smallest absolute Gasteiger partial charge is 0.252 e. The van der Waals surface area contributed by atoms with Crippen LogP contribution in [0.2, 0.25) is 0 Å². The van der Waals surface area contributed by atoms with Crippen LogP contribution in [0, 0.1) is 17.2 Å². The van der Waals surface area contributed by atoms with Crippen LogP contribution < -0.4 is 16.4 Å². The zero-order valence-corrected chi connectivity index (χ0v) is 11.3. The molecule has 1 aromatic heterocycles. The number of hydrogen-bond donors (Lipinski definition) is 2. The van der Waals surface area contributed by atoms with Crippen molar-refractivity contribution in [1.82, 2.24) is 4.98 Å². The molecule has 1 heterocycles. The van der Waals surface area contributed by atoms with Crippen molar-refractivity contribution in [3.63, 3.8) is 0 Å². The lowest BCUT2D eigenvalue weighted by molar-refractivity contribution is 0.100. The van der Waals surface area contributed by atoms with Gasteiger partial charge in [0.1, 0.15) is 5.82 Å². The van der Waals surface area contributed by atoms with E-state index in [0.717, 1.165) is 0 Å². The number of primary amides is 1. The van der Waals surface area contributed by atoms with Gasteiger partial charge >= 0.3 is 0 Å². The van der Waals surface area contributed by atoms with Crippen molar-refractivity contribution < 1.29 is 4.79 Å². The molecular weight excluding hydrogens is 242 g/mol. The highest BCUT2D eigenvalue weighted by Crippen LogP contribution is 2.21. The highest BCUT2D eigenvalue weighted by atomic mass is 16.1. The summed E-state index contributed by atoms with van der Waals surface area (Å²) in [5.74, 6) is 0.296. The number of rotatable bonds is 6. The van der Waals surface area contributed by atoms with E-state index in [1.807, 2.05) is 4.90 Å². The third-order valence-corrected chi connectivity index (χ3v) is 2.53. The molecule has 0 aromatic carbocycles. The molecule has 0 aliphatic carbocycles. The molecule has 19 heavy (non-hydrogen) atoms. The Kier molecular flexibility index (Phi) is 5.12. The molecule has 1 rings (SSSR count). The molecule has 0 radical (unpaired) electrons. The Hall–Kier alpha value is -2.29. The van der Waals surface area contributed by atoms with Gasteiger partial charge in [-0.1, -0.05) is 13.8 Å². The molecule has 0 fully saturated rings. The number of aromatic nitrogens is 1. The third kappa shape index (κ3) is 4.14. The van der Waals surface area contributed by atoms with Crippen LogP contribution in [0.5, 0.6) is 0 Å². The molecular formula is C13H19N5O. The van der Waals surface area contributed by atoms with Crippen LogP contribution in [0.4, 0.5) is 11.5 Å². The largest absolute Gasteiger partial charge is 0.397 e. The number of anilines is 2. The van der Waals surface area contributed by atoms with Crippen molar-refractivity contribution in [2.75, 3.05) is 23.7 Å². The number of carbonyl (C=O) groups is 1. The zero-order chi connectivity index (χ0) is 14.4. The summed E-state index contributed by atoms with van der Waals surface area (Å²) in [7, 11) is 0. The number of nitrogens with zero attached hydrogens (tertiary/aromatic N) is 3. The van der Waals surface area contributed by atoms with E-state index in [-0.39, 0.29) is 0 Å². The Labute approximate surface area is 113 Å². The Balaban J connectivity index is 3.13. The Morgan fingerprint density at radius 3 is 2.79 bits per heavy atom. The molecule has 0 unspecified atom stereocenters. The predicted molar refractivity (Wildman–Crippen MR) is 74.4 cm³/mol. The van der Waals surface area contributed by atoms with Gasteiger partial charge in [-0.2, -0.15) is 5.26 Å². The van der Waals surface area contributed by atoms with Crippen molar-refractivity contribution in [3.8, 4) is 6.07 Å². The lowest BCUT2D eigenvalue weighted by Crippen LogP contribution is -2.32. The minimum absolute atomic E-state index is 0.290. The maximum absolute atomic E-state index is 11.5. The second kappa shape index (κ2) is 6.59. The molecule has 1 aromatic rings. The summed E-state index contributed by atoms with van der Waals surface area (Å²) in [5, 5.41) is 8.71. The maximum atomic E-state index is 11.5. The molecule has 6 heteroatoms. The van der Waals surface area contributed by atoms with Gasteiger partial charge in [-0.3, -0.25) is 4.79 Å². The normalized spacial score (nSPS) is 10.2. The summed E-state index contributed by atoms with van der Waals surface area (Å²) in [5.41, 5.74) is 11.7. The highest BCUT2D eigenvalue weighted by molar-refractivity contribution is 5.98. The fourth-order valence-corrected chi connectivity index (χ4v) is 1.82. The van der Waals surface area contributed by atoms with E-state index in [4.69, 9.17) is 16.7 Å². The first-order chi connectivity index (χ1) is 8.95. The van der Waals surface area contributed by atoms with Gasteiger partial charge in [0, 0.05) is 13.1 Å². The summed E-state index contributed by atoms with van der Waals surface area (Å²) in [4.78, 5) is 17.6. The molecule has 0 aliphatic rings. The first-order valence-electron chi connectivity index (χ1n) is 6.13. The zero-order valence-electron chi connectivity index (χ0n) is 11.3. The quantitative estimate of drug-likeness (QED) is 0.798. The minimum atomic E-state index is -0.569. The van der Waals surface area contributed by atoms with Gasteiger partial charge in [0.2, 0.25) is 0 Å². The molecule has 1 amide bonds. The predicted octanol–water partition coefficient (Wildman–Crippen LogP) is 1.14. The number of hydrogen-bond acceptors (Lipinski definition) is 5. The van der Waals surface area contributed by atoms with E-state index in [9.17, 15) is 4.79 Å². The number of carbonyl (C=O) groups excluding carboxylic acids is 1. The van der Waals surface area contributed by atoms with Crippen LogP contribution in [-0.4, -0.2) is 24.0 Å². The van der Waals surface area contributed by atoms with Gasteiger partial charge in [-0.05, 0) is 12.0 Å². The molecule has 0 spiro atoms. The molecule has 0 saturated heterocycles. The molecule has 4 N–H and O–H groups in total. The number of nitrogen functional groups attached to an aromatic ring is 1. The summed E-state index contributed by atoms with van der Waals surface area (Å²) >= 11 is 0. The van der Waals surface area contributed by atoms with Crippen molar-refractivity contribution in [1.29, 1.82) is 5.26 Å². The molecule has 102 valence electrons. The van der Waals surface area contributed by atoms with E-state index in [1.54, 1.807) is 0 Å². The average Bonchev–Trinajstić information content (AvgIpc) is 2.34. The third-order valence-electron chi connectivity index (χ3n) is 2.53. The Bertz CT molecular complexity index is 492. The second-order valence-electron chi connectivity index (χ2n) is 4.75.